The van der Waals surface area contributed by atoms with Crippen LogP contribution < -0.4 is 10.6 Å². The summed E-state index contributed by atoms with van der Waals surface area (Å²) in [6, 6.07) is 2.11. The third-order valence-corrected chi connectivity index (χ3v) is 6.52. The number of imidazole rings is 1. The zero-order chi connectivity index (χ0) is 24.7. The van der Waals surface area contributed by atoms with Crippen LogP contribution >= 0.6 is 0 Å². The number of aromatic nitrogens is 3. The molecule has 186 valence electrons. The van der Waals surface area contributed by atoms with E-state index in [1.807, 2.05) is 0 Å². The Hall–Kier alpha value is -2.99. The highest BCUT2D eigenvalue weighted by Gasteiger charge is 2.45. The average Bonchev–Trinajstić information content (AvgIpc) is 3.15. The number of carboxylic acid groups (broad SMARTS) is 1. The molecule has 2 aliphatic rings. The van der Waals surface area contributed by atoms with Gasteiger partial charge in [-0.3, -0.25) is 4.79 Å². The van der Waals surface area contributed by atoms with E-state index in [0.717, 1.165) is 0 Å². The smallest absolute Gasteiger partial charge is 0.405 e. The zero-order valence-corrected chi connectivity index (χ0v) is 18.0. The SMILES string of the molecule is O=C(O)NC(c1cn2nc(CC3C[C@H](C(F)(F)F)CNC3=O)ccc2n1)[C@@H]1CCCC(F)(F)C1. The van der Waals surface area contributed by atoms with Crippen molar-refractivity contribution in [3.63, 3.8) is 0 Å². The standard InChI is InChI=1S/C21H24F5N5O3/c22-20(23)5-1-2-11(8-20)17(29-19(33)34)15-10-31-16(28-15)4-3-14(30-31)7-12-6-13(21(24,25)26)9-27-18(12)32/h3-4,10-13,17,29H,1-2,5-9H2,(H,27,32)(H,33,34)/t11-,12?,13+,17?/m1/s1. The van der Waals surface area contributed by atoms with E-state index in [2.05, 4.69) is 20.7 Å². The first kappa shape index (κ1) is 24.1. The van der Waals surface area contributed by atoms with E-state index in [9.17, 15) is 36.6 Å². The van der Waals surface area contributed by atoms with Crippen LogP contribution in [0.3, 0.4) is 0 Å². The second-order valence-corrected chi connectivity index (χ2v) is 9.05. The summed E-state index contributed by atoms with van der Waals surface area (Å²) in [5, 5.41) is 18.1. The zero-order valence-electron chi connectivity index (χ0n) is 18.0. The predicted octanol–water partition coefficient (Wildman–Crippen LogP) is 3.72. The Labute approximate surface area is 190 Å². The van der Waals surface area contributed by atoms with Crippen molar-refractivity contribution in [2.75, 3.05) is 6.54 Å². The number of hydrogen-bond donors (Lipinski definition) is 3. The number of alkyl halides is 5. The van der Waals surface area contributed by atoms with Gasteiger partial charge in [0.05, 0.1) is 29.5 Å². The summed E-state index contributed by atoms with van der Waals surface area (Å²) in [5.74, 6) is -6.55. The highest BCUT2D eigenvalue weighted by molar-refractivity contribution is 5.79. The van der Waals surface area contributed by atoms with Crippen molar-refractivity contribution in [1.29, 1.82) is 0 Å². The van der Waals surface area contributed by atoms with Crippen molar-refractivity contribution >= 4 is 17.6 Å². The minimum atomic E-state index is -4.41. The van der Waals surface area contributed by atoms with Crippen LogP contribution in [0.25, 0.3) is 5.65 Å². The third-order valence-electron chi connectivity index (χ3n) is 6.52. The van der Waals surface area contributed by atoms with Gasteiger partial charge in [-0.1, -0.05) is 0 Å². The van der Waals surface area contributed by atoms with Crippen molar-refractivity contribution in [3.05, 3.63) is 29.7 Å². The van der Waals surface area contributed by atoms with Gasteiger partial charge >= 0.3 is 12.3 Å². The fraction of sp³-hybridized carbons (Fsp3) is 0.619. The van der Waals surface area contributed by atoms with Crippen LogP contribution in [0.5, 0.6) is 0 Å². The number of rotatable bonds is 5. The minimum Gasteiger partial charge on any atom is -0.465 e. The summed E-state index contributed by atoms with van der Waals surface area (Å²) in [4.78, 5) is 27.8. The second kappa shape index (κ2) is 8.99. The Morgan fingerprint density at radius 2 is 2.12 bits per heavy atom. The molecular weight excluding hydrogens is 465 g/mol. The Balaban J connectivity index is 1.56. The first-order valence-corrected chi connectivity index (χ1v) is 11.0. The molecule has 1 saturated heterocycles. The maximum Gasteiger partial charge on any atom is 0.405 e. The monoisotopic (exact) mass is 489 g/mol. The van der Waals surface area contributed by atoms with Gasteiger partial charge in [-0.15, -0.1) is 0 Å². The van der Waals surface area contributed by atoms with E-state index in [-0.39, 0.29) is 31.4 Å². The van der Waals surface area contributed by atoms with E-state index >= 15 is 0 Å². The van der Waals surface area contributed by atoms with Crippen LogP contribution in [0.4, 0.5) is 26.7 Å². The maximum absolute atomic E-state index is 14.0. The molecule has 2 aromatic rings. The highest BCUT2D eigenvalue weighted by Crippen LogP contribution is 2.42. The Kier molecular flexibility index (Phi) is 6.38. The maximum atomic E-state index is 14.0. The minimum absolute atomic E-state index is 0.0203. The predicted molar refractivity (Wildman–Crippen MR) is 108 cm³/mol. The van der Waals surface area contributed by atoms with Gasteiger partial charge in [0.15, 0.2) is 5.65 Å². The molecule has 34 heavy (non-hydrogen) atoms. The molecule has 3 heterocycles. The van der Waals surface area contributed by atoms with Crippen molar-refractivity contribution in [2.24, 2.45) is 17.8 Å². The normalized spacial score (nSPS) is 26.1. The van der Waals surface area contributed by atoms with Crippen LogP contribution in [0.15, 0.2) is 18.3 Å². The number of halogens is 5. The summed E-state index contributed by atoms with van der Waals surface area (Å²) in [6.07, 6.45) is -4.77. The largest absolute Gasteiger partial charge is 0.465 e. The molecule has 4 atom stereocenters. The van der Waals surface area contributed by atoms with E-state index in [0.29, 0.717) is 17.8 Å². The summed E-state index contributed by atoms with van der Waals surface area (Å²) in [6.45, 7) is -0.450. The first-order chi connectivity index (χ1) is 15.9. The van der Waals surface area contributed by atoms with Gasteiger partial charge < -0.3 is 15.7 Å². The number of fused-ring (bicyclic) bond motifs is 1. The van der Waals surface area contributed by atoms with Crippen LogP contribution in [-0.2, 0) is 11.2 Å². The molecule has 2 aromatic heterocycles. The molecule has 2 unspecified atom stereocenters. The first-order valence-electron chi connectivity index (χ1n) is 11.0. The Morgan fingerprint density at radius 3 is 2.79 bits per heavy atom. The molecule has 0 bridgehead atoms. The number of nitrogens with zero attached hydrogens (tertiary/aromatic N) is 3. The lowest BCUT2D eigenvalue weighted by atomic mass is 9.81. The number of carbonyl (C=O) groups is 2. The molecule has 8 nitrogen and oxygen atoms in total. The van der Waals surface area contributed by atoms with Gasteiger partial charge in [-0.2, -0.15) is 18.3 Å². The molecule has 0 aromatic carbocycles. The molecule has 2 fully saturated rings. The van der Waals surface area contributed by atoms with E-state index in [1.54, 1.807) is 6.07 Å². The van der Waals surface area contributed by atoms with Crippen molar-refractivity contribution in [3.8, 4) is 0 Å². The Morgan fingerprint density at radius 1 is 1.35 bits per heavy atom. The molecule has 1 saturated carbocycles. The molecule has 0 spiro atoms. The summed E-state index contributed by atoms with van der Waals surface area (Å²) >= 11 is 0. The molecule has 1 aliphatic carbocycles. The average molecular weight is 489 g/mol. The quantitative estimate of drug-likeness (QED) is 0.555. The van der Waals surface area contributed by atoms with Crippen LogP contribution in [0.1, 0.15) is 49.5 Å². The number of amides is 2. The Bertz CT molecular complexity index is 1070. The summed E-state index contributed by atoms with van der Waals surface area (Å²) in [5.41, 5.74) is 0.897. The molecule has 0 radical (unpaired) electrons. The van der Waals surface area contributed by atoms with Gasteiger partial charge in [-0.05, 0) is 37.3 Å². The lowest BCUT2D eigenvalue weighted by Crippen LogP contribution is -2.47. The summed E-state index contributed by atoms with van der Waals surface area (Å²) < 4.78 is 68.5. The van der Waals surface area contributed by atoms with Crippen LogP contribution in [0.2, 0.25) is 0 Å². The molecule has 3 N–H and O–H groups in total. The molecule has 1 aliphatic heterocycles. The number of piperidine rings is 1. The van der Waals surface area contributed by atoms with E-state index in [4.69, 9.17) is 0 Å². The van der Waals surface area contributed by atoms with Gasteiger partial charge in [0.2, 0.25) is 11.8 Å². The number of carbonyl (C=O) groups excluding carboxylic acids is 1. The van der Waals surface area contributed by atoms with Crippen molar-refractivity contribution in [1.82, 2.24) is 25.2 Å². The van der Waals surface area contributed by atoms with Crippen LogP contribution in [-0.4, -0.2) is 50.3 Å². The fourth-order valence-corrected chi connectivity index (χ4v) is 4.84. The van der Waals surface area contributed by atoms with Gasteiger partial charge in [0.1, 0.15) is 0 Å². The van der Waals surface area contributed by atoms with Crippen molar-refractivity contribution in [2.45, 2.75) is 56.7 Å². The third kappa shape index (κ3) is 5.39. The van der Waals surface area contributed by atoms with Gasteiger partial charge in [0, 0.05) is 31.7 Å². The van der Waals surface area contributed by atoms with Crippen LogP contribution in [0, 0.1) is 17.8 Å². The van der Waals surface area contributed by atoms with E-state index < -0.39 is 60.9 Å². The summed E-state index contributed by atoms with van der Waals surface area (Å²) in [7, 11) is 0. The number of nitrogens with one attached hydrogen (secondary N) is 2. The fourth-order valence-electron chi connectivity index (χ4n) is 4.84. The van der Waals surface area contributed by atoms with Crippen molar-refractivity contribution < 1.29 is 36.6 Å². The molecule has 13 heteroatoms. The lowest BCUT2D eigenvalue weighted by Gasteiger charge is -2.33. The lowest BCUT2D eigenvalue weighted by molar-refractivity contribution is -0.183. The van der Waals surface area contributed by atoms with Gasteiger partial charge in [-0.25, -0.2) is 23.1 Å². The molecular formula is C21H24F5N5O3. The highest BCUT2D eigenvalue weighted by atomic mass is 19.4. The number of hydrogen-bond acceptors (Lipinski definition) is 4. The van der Waals surface area contributed by atoms with E-state index in [1.165, 1.54) is 16.8 Å². The second-order valence-electron chi connectivity index (χ2n) is 9.05. The topological polar surface area (TPSA) is 109 Å². The molecule has 2 amide bonds. The molecule has 4 rings (SSSR count). The van der Waals surface area contributed by atoms with Gasteiger partial charge in [0.25, 0.3) is 0 Å².